The maximum absolute atomic E-state index is 13.4. The standard InChI is InChI=1S/C33H40N4O2/c1-34-26-29(25-31(34)38)33(39)37(30-17-9-4-10-18-30)20-12-11-19-35-21-23-36(24-22-35)32(27-13-5-2-6-14-27)28-15-7-3-8-16-28/h2-10,13-18,29,32H,11-12,19-26H2,1H3. The predicted molar refractivity (Wildman–Crippen MR) is 157 cm³/mol. The molecule has 0 bridgehead atoms. The van der Waals surface area contributed by atoms with Crippen molar-refractivity contribution in [1.82, 2.24) is 14.7 Å². The molecule has 2 amide bonds. The number of benzene rings is 3. The smallest absolute Gasteiger partial charge is 0.232 e. The van der Waals surface area contributed by atoms with Gasteiger partial charge in [-0.1, -0.05) is 78.9 Å². The number of nitrogens with zero attached hydrogens (tertiary/aromatic N) is 4. The second-order valence-corrected chi connectivity index (χ2v) is 10.8. The van der Waals surface area contributed by atoms with Crippen LogP contribution in [0, 0.1) is 5.92 Å². The molecule has 5 rings (SSSR count). The van der Waals surface area contributed by atoms with Crippen molar-refractivity contribution in [3.63, 3.8) is 0 Å². The predicted octanol–water partition coefficient (Wildman–Crippen LogP) is 4.69. The highest BCUT2D eigenvalue weighted by Crippen LogP contribution is 2.29. The molecule has 0 radical (unpaired) electrons. The fraction of sp³-hybridized carbons (Fsp3) is 0.394. The third-order valence-electron chi connectivity index (χ3n) is 8.13. The first-order valence-corrected chi connectivity index (χ1v) is 14.3. The van der Waals surface area contributed by atoms with Crippen molar-refractivity contribution in [2.75, 3.05) is 57.8 Å². The molecule has 2 saturated heterocycles. The van der Waals surface area contributed by atoms with Gasteiger partial charge < -0.3 is 14.7 Å². The minimum Gasteiger partial charge on any atom is -0.345 e. The zero-order chi connectivity index (χ0) is 27.0. The minimum absolute atomic E-state index is 0.0577. The Bertz CT molecular complexity index is 1160. The van der Waals surface area contributed by atoms with Crippen LogP contribution in [0.3, 0.4) is 0 Å². The summed E-state index contributed by atoms with van der Waals surface area (Å²) in [6.45, 7) is 6.40. The zero-order valence-electron chi connectivity index (χ0n) is 23.0. The second kappa shape index (κ2) is 13.0. The van der Waals surface area contributed by atoms with Gasteiger partial charge in [-0.2, -0.15) is 0 Å². The van der Waals surface area contributed by atoms with Crippen LogP contribution in [0.5, 0.6) is 0 Å². The lowest BCUT2D eigenvalue weighted by Gasteiger charge is -2.40. The summed E-state index contributed by atoms with van der Waals surface area (Å²) in [6, 6.07) is 31.8. The van der Waals surface area contributed by atoms with Crippen LogP contribution >= 0.6 is 0 Å². The van der Waals surface area contributed by atoms with Gasteiger partial charge in [-0.15, -0.1) is 0 Å². The molecule has 3 aromatic rings. The van der Waals surface area contributed by atoms with Gasteiger partial charge in [0.25, 0.3) is 0 Å². The van der Waals surface area contributed by atoms with Gasteiger partial charge in [0.15, 0.2) is 0 Å². The average Bonchev–Trinajstić information content (AvgIpc) is 3.33. The van der Waals surface area contributed by atoms with E-state index in [2.05, 4.69) is 70.5 Å². The van der Waals surface area contributed by atoms with Crippen molar-refractivity contribution in [3.8, 4) is 0 Å². The molecule has 39 heavy (non-hydrogen) atoms. The molecule has 2 aliphatic heterocycles. The molecule has 2 heterocycles. The lowest BCUT2D eigenvalue weighted by atomic mass is 9.96. The number of para-hydroxylation sites is 1. The molecular weight excluding hydrogens is 484 g/mol. The maximum Gasteiger partial charge on any atom is 0.232 e. The van der Waals surface area contributed by atoms with Crippen LogP contribution in [0.15, 0.2) is 91.0 Å². The number of amides is 2. The number of hydrogen-bond acceptors (Lipinski definition) is 4. The first-order chi connectivity index (χ1) is 19.1. The minimum atomic E-state index is -0.252. The fourth-order valence-electron chi connectivity index (χ4n) is 5.96. The molecule has 0 N–H and O–H groups in total. The summed E-state index contributed by atoms with van der Waals surface area (Å²) in [6.07, 6.45) is 2.30. The van der Waals surface area contributed by atoms with E-state index in [0.717, 1.165) is 51.3 Å². The van der Waals surface area contributed by atoms with E-state index < -0.39 is 0 Å². The summed E-state index contributed by atoms with van der Waals surface area (Å²) in [4.78, 5) is 34.2. The van der Waals surface area contributed by atoms with Crippen molar-refractivity contribution < 1.29 is 9.59 Å². The van der Waals surface area contributed by atoms with Crippen LogP contribution in [0.1, 0.15) is 36.4 Å². The van der Waals surface area contributed by atoms with Crippen LogP contribution in [0.25, 0.3) is 0 Å². The quantitative estimate of drug-likeness (QED) is 0.361. The first kappa shape index (κ1) is 27.1. The van der Waals surface area contributed by atoms with E-state index in [0.29, 0.717) is 19.5 Å². The Labute approximate surface area is 232 Å². The van der Waals surface area contributed by atoms with Gasteiger partial charge in [0.2, 0.25) is 11.8 Å². The molecule has 1 atom stereocenters. The largest absolute Gasteiger partial charge is 0.345 e. The summed E-state index contributed by atoms with van der Waals surface area (Å²) < 4.78 is 0. The summed E-state index contributed by atoms with van der Waals surface area (Å²) in [5.74, 6) is -0.124. The van der Waals surface area contributed by atoms with E-state index in [1.807, 2.05) is 35.2 Å². The Kier molecular flexibility index (Phi) is 9.07. The van der Waals surface area contributed by atoms with Gasteiger partial charge in [0.05, 0.1) is 12.0 Å². The van der Waals surface area contributed by atoms with Crippen LogP contribution < -0.4 is 4.90 Å². The van der Waals surface area contributed by atoms with Crippen molar-refractivity contribution >= 4 is 17.5 Å². The molecule has 2 aliphatic rings. The Hall–Kier alpha value is -3.48. The van der Waals surface area contributed by atoms with Gasteiger partial charge in [-0.25, -0.2) is 0 Å². The number of carbonyl (C=O) groups excluding carboxylic acids is 2. The topological polar surface area (TPSA) is 47.1 Å². The normalized spacial score (nSPS) is 18.6. The van der Waals surface area contributed by atoms with E-state index in [4.69, 9.17) is 0 Å². The number of anilines is 1. The highest BCUT2D eigenvalue weighted by Gasteiger charge is 2.35. The van der Waals surface area contributed by atoms with Gasteiger partial charge in [0, 0.05) is 58.4 Å². The van der Waals surface area contributed by atoms with Crippen molar-refractivity contribution in [3.05, 3.63) is 102 Å². The van der Waals surface area contributed by atoms with Gasteiger partial charge in [-0.05, 0) is 42.6 Å². The number of likely N-dealkylation sites (tertiary alicyclic amines) is 1. The number of carbonyl (C=O) groups is 2. The molecule has 6 nitrogen and oxygen atoms in total. The molecule has 1 unspecified atom stereocenters. The number of unbranched alkanes of at least 4 members (excludes halogenated alkanes) is 1. The van der Waals surface area contributed by atoms with Crippen molar-refractivity contribution in [2.24, 2.45) is 5.92 Å². The SMILES string of the molecule is CN1CC(C(=O)N(CCCCN2CCN(C(c3ccccc3)c3ccccc3)CC2)c2ccccc2)CC1=O. The first-order valence-electron chi connectivity index (χ1n) is 14.3. The van der Waals surface area contributed by atoms with E-state index in [9.17, 15) is 9.59 Å². The molecule has 0 aromatic heterocycles. The van der Waals surface area contributed by atoms with E-state index in [-0.39, 0.29) is 23.8 Å². The average molecular weight is 525 g/mol. The third-order valence-corrected chi connectivity index (χ3v) is 8.13. The number of rotatable bonds is 10. The lowest BCUT2D eigenvalue weighted by Crippen LogP contribution is -2.48. The van der Waals surface area contributed by atoms with Crippen LogP contribution in [0.4, 0.5) is 5.69 Å². The van der Waals surface area contributed by atoms with Crippen molar-refractivity contribution in [2.45, 2.75) is 25.3 Å². The summed E-state index contributed by atoms with van der Waals surface area (Å²) in [5.41, 5.74) is 3.61. The molecule has 3 aromatic carbocycles. The monoisotopic (exact) mass is 524 g/mol. The maximum atomic E-state index is 13.4. The second-order valence-electron chi connectivity index (χ2n) is 10.8. The Morgan fingerprint density at radius 2 is 1.38 bits per heavy atom. The summed E-state index contributed by atoms with van der Waals surface area (Å²) in [7, 11) is 1.78. The molecule has 6 heteroatoms. The summed E-state index contributed by atoms with van der Waals surface area (Å²) >= 11 is 0. The van der Waals surface area contributed by atoms with Crippen LogP contribution in [0.2, 0.25) is 0 Å². The third kappa shape index (κ3) is 6.75. The molecule has 0 saturated carbocycles. The van der Waals surface area contributed by atoms with E-state index in [1.54, 1.807) is 11.9 Å². The van der Waals surface area contributed by atoms with Crippen molar-refractivity contribution in [1.29, 1.82) is 0 Å². The molecule has 0 aliphatic carbocycles. The Morgan fingerprint density at radius 3 is 1.92 bits per heavy atom. The molecule has 0 spiro atoms. The molecule has 2 fully saturated rings. The Balaban J connectivity index is 1.14. The van der Waals surface area contributed by atoms with E-state index in [1.165, 1.54) is 11.1 Å². The van der Waals surface area contributed by atoms with Crippen LogP contribution in [-0.2, 0) is 9.59 Å². The van der Waals surface area contributed by atoms with Gasteiger partial charge in [0.1, 0.15) is 0 Å². The molecule has 204 valence electrons. The summed E-state index contributed by atoms with van der Waals surface area (Å²) in [5, 5.41) is 0. The number of hydrogen-bond donors (Lipinski definition) is 0. The van der Waals surface area contributed by atoms with Crippen LogP contribution in [-0.4, -0.2) is 79.4 Å². The van der Waals surface area contributed by atoms with E-state index >= 15 is 0 Å². The zero-order valence-corrected chi connectivity index (χ0v) is 23.0. The Morgan fingerprint density at radius 1 is 0.821 bits per heavy atom. The lowest BCUT2D eigenvalue weighted by molar-refractivity contribution is -0.127. The van der Waals surface area contributed by atoms with Gasteiger partial charge >= 0.3 is 0 Å². The van der Waals surface area contributed by atoms with Gasteiger partial charge in [-0.3, -0.25) is 14.5 Å². The molecular formula is C33H40N4O2. The number of piperazine rings is 1. The fourth-order valence-corrected chi connectivity index (χ4v) is 5.96. The highest BCUT2D eigenvalue weighted by molar-refractivity contribution is 5.98. The highest BCUT2D eigenvalue weighted by atomic mass is 16.2.